The van der Waals surface area contributed by atoms with E-state index in [0.29, 0.717) is 0 Å². The molecule has 1 N–H and O–H groups in total. The van der Waals surface area contributed by atoms with Crippen molar-refractivity contribution in [1.82, 2.24) is 4.98 Å². The second-order valence-corrected chi connectivity index (χ2v) is 6.47. The average molecular weight is 284 g/mol. The van der Waals surface area contributed by atoms with Gasteiger partial charge in [-0.15, -0.1) is 0 Å². The van der Waals surface area contributed by atoms with Crippen molar-refractivity contribution in [2.45, 2.75) is 39.3 Å². The molecule has 0 bridgehead atoms. The minimum absolute atomic E-state index is 0.0342. The van der Waals surface area contributed by atoms with Gasteiger partial charge in [0.05, 0.1) is 6.61 Å². The van der Waals surface area contributed by atoms with E-state index in [1.165, 1.54) is 5.56 Å². The van der Waals surface area contributed by atoms with Gasteiger partial charge in [-0.05, 0) is 23.3 Å². The van der Waals surface area contributed by atoms with Crippen LogP contribution in [0.2, 0.25) is 0 Å². The molecule has 0 atom stereocenters. The van der Waals surface area contributed by atoms with Crippen molar-refractivity contribution in [3.05, 3.63) is 59.3 Å². The lowest BCUT2D eigenvalue weighted by atomic mass is 9.91. The van der Waals surface area contributed by atoms with Crippen molar-refractivity contribution in [2.24, 2.45) is 0 Å². The Balaban J connectivity index is 2.30. The maximum atomic E-state index is 9.48. The van der Waals surface area contributed by atoms with Crippen molar-refractivity contribution in [2.75, 3.05) is 11.9 Å². The fourth-order valence-electron chi connectivity index (χ4n) is 2.18. The molecule has 1 aromatic carbocycles. The molecule has 0 spiro atoms. The summed E-state index contributed by atoms with van der Waals surface area (Å²) in [5, 5.41) is 9.48. The van der Waals surface area contributed by atoms with E-state index in [2.05, 4.69) is 37.8 Å². The van der Waals surface area contributed by atoms with Gasteiger partial charge in [-0.2, -0.15) is 0 Å². The molecule has 2 aromatic rings. The van der Waals surface area contributed by atoms with E-state index in [1.807, 2.05) is 37.4 Å². The molecule has 112 valence electrons. The number of benzene rings is 1. The van der Waals surface area contributed by atoms with Crippen molar-refractivity contribution in [3.63, 3.8) is 0 Å². The zero-order valence-electron chi connectivity index (χ0n) is 13.3. The summed E-state index contributed by atoms with van der Waals surface area (Å²) in [6.07, 6.45) is 0. The van der Waals surface area contributed by atoms with Gasteiger partial charge >= 0.3 is 0 Å². The molecule has 0 saturated heterocycles. The Hall–Kier alpha value is -1.87. The number of aliphatic hydroxyl groups is 1. The molecule has 0 aliphatic heterocycles. The molecule has 0 fully saturated rings. The molecule has 0 saturated carbocycles. The van der Waals surface area contributed by atoms with Crippen molar-refractivity contribution >= 4 is 5.82 Å². The highest BCUT2D eigenvalue weighted by Gasteiger charge is 2.18. The van der Waals surface area contributed by atoms with Crippen LogP contribution in [0.1, 0.15) is 37.6 Å². The minimum Gasteiger partial charge on any atom is -0.392 e. The molecule has 1 aromatic heterocycles. The molecule has 2 rings (SSSR count). The number of anilines is 1. The Labute approximate surface area is 127 Å². The molecular weight excluding hydrogens is 260 g/mol. The van der Waals surface area contributed by atoms with Crippen LogP contribution in [0.15, 0.2) is 42.5 Å². The first-order valence-electron chi connectivity index (χ1n) is 7.27. The van der Waals surface area contributed by atoms with Gasteiger partial charge in [-0.1, -0.05) is 51.1 Å². The predicted octanol–water partition coefficient (Wildman–Crippen LogP) is 3.51. The summed E-state index contributed by atoms with van der Waals surface area (Å²) < 4.78 is 0. The Morgan fingerprint density at radius 2 is 1.71 bits per heavy atom. The average Bonchev–Trinajstić information content (AvgIpc) is 2.46. The summed E-state index contributed by atoms with van der Waals surface area (Å²) in [5.41, 5.74) is 3.12. The summed E-state index contributed by atoms with van der Waals surface area (Å²) in [5.74, 6) is 0.898. The van der Waals surface area contributed by atoms with Gasteiger partial charge in [0.1, 0.15) is 5.82 Å². The fraction of sp³-hybridized carbons (Fsp3) is 0.389. The van der Waals surface area contributed by atoms with Crippen LogP contribution >= 0.6 is 0 Å². The number of hydrogen-bond acceptors (Lipinski definition) is 3. The van der Waals surface area contributed by atoms with Crippen LogP contribution in [-0.4, -0.2) is 17.1 Å². The molecule has 0 aliphatic rings. The first-order chi connectivity index (χ1) is 9.90. The summed E-state index contributed by atoms with van der Waals surface area (Å²) in [6.45, 7) is 7.25. The molecule has 0 unspecified atom stereocenters. The second kappa shape index (κ2) is 6.27. The number of hydrogen-bond donors (Lipinski definition) is 1. The lowest BCUT2D eigenvalue weighted by molar-refractivity contribution is 0.281. The summed E-state index contributed by atoms with van der Waals surface area (Å²) in [6, 6.07) is 14.3. The van der Waals surface area contributed by atoms with E-state index >= 15 is 0 Å². The normalized spacial score (nSPS) is 11.5. The van der Waals surface area contributed by atoms with E-state index in [-0.39, 0.29) is 12.0 Å². The highest BCUT2D eigenvalue weighted by Crippen LogP contribution is 2.25. The van der Waals surface area contributed by atoms with Crippen LogP contribution in [0.3, 0.4) is 0 Å². The Bertz CT molecular complexity index is 588. The standard InChI is InChI=1S/C18H24N2O/c1-18(2,3)16-10-15(13-21)11-17(19-16)20(4)12-14-8-6-5-7-9-14/h5-11,21H,12-13H2,1-4H3. The minimum atomic E-state index is -0.0342. The van der Waals surface area contributed by atoms with Gasteiger partial charge < -0.3 is 10.0 Å². The van der Waals surface area contributed by atoms with Crippen LogP contribution in [0.4, 0.5) is 5.82 Å². The van der Waals surface area contributed by atoms with Gasteiger partial charge in [0.15, 0.2) is 0 Å². The first-order valence-corrected chi connectivity index (χ1v) is 7.27. The van der Waals surface area contributed by atoms with E-state index in [4.69, 9.17) is 4.98 Å². The Morgan fingerprint density at radius 3 is 2.29 bits per heavy atom. The highest BCUT2D eigenvalue weighted by atomic mass is 16.3. The highest BCUT2D eigenvalue weighted by molar-refractivity contribution is 5.43. The van der Waals surface area contributed by atoms with Gasteiger partial charge in [-0.25, -0.2) is 4.98 Å². The summed E-state index contributed by atoms with van der Waals surface area (Å²) >= 11 is 0. The van der Waals surface area contributed by atoms with Crippen LogP contribution in [0, 0.1) is 0 Å². The van der Waals surface area contributed by atoms with Crippen LogP contribution in [0.5, 0.6) is 0 Å². The largest absolute Gasteiger partial charge is 0.392 e. The molecule has 0 aliphatic carbocycles. The third-order valence-corrected chi connectivity index (χ3v) is 3.48. The maximum absolute atomic E-state index is 9.48. The van der Waals surface area contributed by atoms with E-state index < -0.39 is 0 Å². The van der Waals surface area contributed by atoms with Gasteiger partial charge in [-0.3, -0.25) is 0 Å². The van der Waals surface area contributed by atoms with E-state index in [9.17, 15) is 5.11 Å². The van der Waals surface area contributed by atoms with Crippen LogP contribution < -0.4 is 4.90 Å². The second-order valence-electron chi connectivity index (χ2n) is 6.47. The quantitative estimate of drug-likeness (QED) is 0.933. The number of aromatic nitrogens is 1. The molecule has 0 radical (unpaired) electrons. The lowest BCUT2D eigenvalue weighted by Crippen LogP contribution is -2.21. The molecule has 1 heterocycles. The SMILES string of the molecule is CN(Cc1ccccc1)c1cc(CO)cc(C(C)(C)C)n1. The molecule has 3 heteroatoms. The molecule has 3 nitrogen and oxygen atoms in total. The third-order valence-electron chi connectivity index (χ3n) is 3.48. The number of rotatable bonds is 4. The monoisotopic (exact) mass is 284 g/mol. The zero-order chi connectivity index (χ0) is 15.5. The van der Waals surface area contributed by atoms with Gasteiger partial charge in [0.25, 0.3) is 0 Å². The van der Waals surface area contributed by atoms with E-state index in [1.54, 1.807) is 0 Å². The van der Waals surface area contributed by atoms with Crippen molar-refractivity contribution in [3.8, 4) is 0 Å². The van der Waals surface area contributed by atoms with Gasteiger partial charge in [0.2, 0.25) is 0 Å². The zero-order valence-corrected chi connectivity index (χ0v) is 13.3. The lowest BCUT2D eigenvalue weighted by Gasteiger charge is -2.24. The van der Waals surface area contributed by atoms with E-state index in [0.717, 1.165) is 23.6 Å². The van der Waals surface area contributed by atoms with Crippen LogP contribution in [-0.2, 0) is 18.6 Å². The third kappa shape index (κ3) is 4.05. The first kappa shape index (κ1) is 15.5. The van der Waals surface area contributed by atoms with Crippen molar-refractivity contribution < 1.29 is 5.11 Å². The molecule has 0 amide bonds. The Morgan fingerprint density at radius 1 is 1.05 bits per heavy atom. The Kier molecular flexibility index (Phi) is 4.63. The van der Waals surface area contributed by atoms with Crippen LogP contribution in [0.25, 0.3) is 0 Å². The summed E-state index contributed by atoms with van der Waals surface area (Å²) in [7, 11) is 2.03. The topological polar surface area (TPSA) is 36.4 Å². The van der Waals surface area contributed by atoms with Crippen molar-refractivity contribution in [1.29, 1.82) is 0 Å². The number of aliphatic hydroxyl groups excluding tert-OH is 1. The molecule has 21 heavy (non-hydrogen) atoms. The molecular formula is C18H24N2O. The maximum Gasteiger partial charge on any atom is 0.129 e. The fourth-order valence-corrected chi connectivity index (χ4v) is 2.18. The predicted molar refractivity (Wildman–Crippen MR) is 87.4 cm³/mol. The number of pyridine rings is 1. The number of nitrogens with zero attached hydrogens (tertiary/aromatic N) is 2. The smallest absolute Gasteiger partial charge is 0.129 e. The van der Waals surface area contributed by atoms with Gasteiger partial charge in [0, 0.05) is 24.7 Å². The summed E-state index contributed by atoms with van der Waals surface area (Å²) in [4.78, 5) is 6.88.